The Kier molecular flexibility index (Phi) is 6.89. The van der Waals surface area contributed by atoms with Crippen molar-refractivity contribution in [2.45, 2.75) is 17.4 Å². The molecular weight excluding hydrogens is 546 g/mol. The molecule has 1 aliphatic carbocycles. The molecule has 0 spiro atoms. The van der Waals surface area contributed by atoms with Gasteiger partial charge in [-0.15, -0.1) is 0 Å². The maximum atomic E-state index is 12.8. The number of rotatable bonds is 9. The fraction of sp³-hybridized carbons (Fsp3) is 0.143. The van der Waals surface area contributed by atoms with Crippen LogP contribution in [0.1, 0.15) is 12.8 Å². The van der Waals surface area contributed by atoms with Gasteiger partial charge in [0.05, 0.1) is 0 Å². The van der Waals surface area contributed by atoms with Crippen molar-refractivity contribution < 1.29 is 28.3 Å². The Morgan fingerprint density at radius 1 is 0.629 bits per heavy atom. The Balaban J connectivity index is 1.95. The maximum absolute atomic E-state index is 12.8. The van der Waals surface area contributed by atoms with E-state index in [1.165, 1.54) is 0 Å². The van der Waals surface area contributed by atoms with Gasteiger partial charge in [0.25, 0.3) is 0 Å². The average Bonchev–Trinajstić information content (AvgIpc) is 3.73. The van der Waals surface area contributed by atoms with Crippen molar-refractivity contribution in [1.82, 2.24) is 0 Å². The van der Waals surface area contributed by atoms with E-state index in [9.17, 15) is 14.0 Å². The first-order valence-corrected chi connectivity index (χ1v) is 16.8. The second kappa shape index (κ2) is 9.78. The molecule has 5 rings (SSSR count). The summed E-state index contributed by atoms with van der Waals surface area (Å²) in [5, 5.41) is 2.28. The average molecular weight is 572 g/mol. The fourth-order valence-corrected chi connectivity index (χ4v) is 20.1. The molecule has 0 heterocycles. The van der Waals surface area contributed by atoms with Crippen molar-refractivity contribution in [1.29, 1.82) is 0 Å². The Morgan fingerprint density at radius 2 is 1.00 bits per heavy atom. The van der Waals surface area contributed by atoms with E-state index in [1.807, 2.05) is 109 Å². The third kappa shape index (κ3) is 4.49. The van der Waals surface area contributed by atoms with E-state index in [2.05, 4.69) is 12.1 Å². The van der Waals surface area contributed by atoms with Gasteiger partial charge in [-0.3, -0.25) is 0 Å². The zero-order chi connectivity index (χ0) is 24.4. The number of hydrogen-bond acceptors (Lipinski definition) is 4. The Bertz CT molecular complexity index is 1150. The van der Waals surface area contributed by atoms with Crippen molar-refractivity contribution in [3.8, 4) is 0 Å². The monoisotopic (exact) mass is 572 g/mol. The van der Waals surface area contributed by atoms with Crippen LogP contribution < -0.4 is 34.4 Å². The zero-order valence-electron chi connectivity index (χ0n) is 19.0. The van der Waals surface area contributed by atoms with Gasteiger partial charge in [0.15, 0.2) is 0 Å². The molecule has 1 aliphatic rings. The predicted octanol–water partition coefficient (Wildman–Crippen LogP) is 1.11. The molecule has 1 fully saturated rings. The van der Waals surface area contributed by atoms with Gasteiger partial charge in [-0.2, -0.15) is 0 Å². The van der Waals surface area contributed by atoms with E-state index < -0.39 is 17.1 Å². The SMILES string of the molecule is [O-][Cl+3]([O-])([O-])OP(c1ccccc1)(c1ccccc1)(c1ccccc1)C([Se]c1ccccc1)C1CC1. The van der Waals surface area contributed by atoms with Crippen LogP contribution in [0.3, 0.4) is 0 Å². The third-order valence-electron chi connectivity index (χ3n) is 6.55. The van der Waals surface area contributed by atoms with E-state index in [4.69, 9.17) is 4.08 Å². The van der Waals surface area contributed by atoms with Crippen LogP contribution in [-0.2, 0) is 4.08 Å². The molecule has 0 radical (unpaired) electrons. The van der Waals surface area contributed by atoms with Crippen LogP contribution in [0.2, 0.25) is 0 Å². The summed E-state index contributed by atoms with van der Waals surface area (Å²) in [5.41, 5.74) is 0. The van der Waals surface area contributed by atoms with Crippen LogP contribution in [0.4, 0.5) is 0 Å². The Hall–Kier alpha value is -2.04. The minimum atomic E-state index is -4.77. The molecule has 0 bridgehead atoms. The molecule has 7 heteroatoms. The molecule has 1 unspecified atom stereocenters. The molecular formula is C28H26ClO4PSe. The van der Waals surface area contributed by atoms with Crippen molar-refractivity contribution in [2.75, 3.05) is 0 Å². The van der Waals surface area contributed by atoms with Crippen LogP contribution in [-0.4, -0.2) is 19.5 Å². The van der Waals surface area contributed by atoms with Crippen molar-refractivity contribution >= 4 is 42.2 Å². The molecule has 4 aromatic rings. The molecule has 4 nitrogen and oxygen atoms in total. The summed E-state index contributed by atoms with van der Waals surface area (Å²) in [4.78, 5) is 0. The molecule has 1 saturated carbocycles. The van der Waals surface area contributed by atoms with Crippen LogP contribution in [0.15, 0.2) is 121 Å². The van der Waals surface area contributed by atoms with E-state index in [-0.39, 0.29) is 25.4 Å². The van der Waals surface area contributed by atoms with E-state index in [0.29, 0.717) is 0 Å². The second-order valence-corrected chi connectivity index (χ2v) is 17.7. The van der Waals surface area contributed by atoms with Gasteiger partial charge in [0.1, 0.15) is 0 Å². The summed E-state index contributed by atoms with van der Waals surface area (Å²) in [6, 6.07) is 38.9. The fourth-order valence-electron chi connectivity index (χ4n) is 5.01. The van der Waals surface area contributed by atoms with Crippen molar-refractivity contribution in [3.63, 3.8) is 0 Å². The van der Waals surface area contributed by atoms with E-state index >= 15 is 0 Å². The molecule has 0 saturated heterocycles. The van der Waals surface area contributed by atoms with E-state index in [1.54, 1.807) is 0 Å². The third-order valence-corrected chi connectivity index (χ3v) is 19.3. The van der Waals surface area contributed by atoms with Gasteiger partial charge >= 0.3 is 215 Å². The first-order chi connectivity index (χ1) is 16.9. The van der Waals surface area contributed by atoms with Gasteiger partial charge in [-0.1, -0.05) is 0 Å². The molecule has 1 atom stereocenters. The zero-order valence-corrected chi connectivity index (χ0v) is 22.3. The molecule has 0 aliphatic heterocycles. The first kappa shape index (κ1) is 24.6. The van der Waals surface area contributed by atoms with E-state index in [0.717, 1.165) is 33.2 Å². The Morgan fingerprint density at radius 3 is 1.34 bits per heavy atom. The quantitative estimate of drug-likeness (QED) is 0.223. The van der Waals surface area contributed by atoms with Crippen molar-refractivity contribution in [2.24, 2.45) is 5.92 Å². The molecule has 0 N–H and O–H groups in total. The minimum absolute atomic E-state index is 0.179. The molecule has 0 aromatic heterocycles. The number of halogens is 1. The summed E-state index contributed by atoms with van der Waals surface area (Å²) in [6.07, 6.45) is 1.95. The second-order valence-electron chi connectivity index (χ2n) is 8.71. The van der Waals surface area contributed by atoms with Crippen LogP contribution in [0, 0.1) is 16.2 Å². The number of benzene rings is 4. The predicted molar refractivity (Wildman–Crippen MR) is 135 cm³/mol. The summed E-state index contributed by atoms with van der Waals surface area (Å²) in [6.45, 7) is -4.34. The van der Waals surface area contributed by atoms with Gasteiger partial charge < -0.3 is 0 Å². The van der Waals surface area contributed by atoms with Gasteiger partial charge in [0.2, 0.25) is 0 Å². The van der Waals surface area contributed by atoms with Crippen LogP contribution in [0.5, 0.6) is 0 Å². The van der Waals surface area contributed by atoms with Crippen LogP contribution >= 0.6 is 6.83 Å². The Labute approximate surface area is 214 Å². The van der Waals surface area contributed by atoms with Crippen molar-refractivity contribution in [3.05, 3.63) is 121 Å². The topological polar surface area (TPSA) is 78.4 Å². The number of hydrogen-bond donors (Lipinski definition) is 0. The summed E-state index contributed by atoms with van der Waals surface area (Å²) >= 11 is -0.179. The van der Waals surface area contributed by atoms with Gasteiger partial charge in [0, 0.05) is 0 Å². The molecule has 35 heavy (non-hydrogen) atoms. The normalized spacial score (nSPS) is 16.3. The summed E-state index contributed by atoms with van der Waals surface area (Å²) in [5.74, 6) is 0.241. The summed E-state index contributed by atoms with van der Waals surface area (Å²) in [7, 11) is -4.77. The summed E-state index contributed by atoms with van der Waals surface area (Å²) < 4.78 is 45.6. The standard InChI is InChI=1S/C28H26ClO4PSe/c30-29(31,32)33-34(24-13-5-1-6-14-24,25-15-7-2-8-16-25,26-17-9-3-10-18-26)28(23-21-22-23)35-27-19-11-4-12-20-27/h1-20,23,28H,21-22H2. The first-order valence-electron chi connectivity index (χ1n) is 11.5. The molecule has 0 amide bonds. The molecule has 180 valence electrons. The van der Waals surface area contributed by atoms with Gasteiger partial charge in [-0.05, 0) is 0 Å². The van der Waals surface area contributed by atoms with Crippen LogP contribution in [0.25, 0.3) is 0 Å². The molecule has 4 aromatic carbocycles. The van der Waals surface area contributed by atoms with Gasteiger partial charge in [-0.25, -0.2) is 0 Å².